The zero-order valence-corrected chi connectivity index (χ0v) is 18.3. The van der Waals surface area contributed by atoms with Crippen molar-refractivity contribution in [1.29, 1.82) is 0 Å². The van der Waals surface area contributed by atoms with Gasteiger partial charge in [-0.25, -0.2) is 13.6 Å². The molecule has 1 N–H and O–H groups in total. The van der Waals surface area contributed by atoms with Crippen molar-refractivity contribution in [3.63, 3.8) is 0 Å². The number of amides is 2. The van der Waals surface area contributed by atoms with Crippen molar-refractivity contribution in [1.82, 2.24) is 14.8 Å². The lowest BCUT2D eigenvalue weighted by atomic mass is 10.1. The molecule has 0 spiro atoms. The molecule has 5 nitrogen and oxygen atoms in total. The molecule has 7 heteroatoms. The standard InChI is InChI=1S/C23H32F2N4O/c1-5-28(6-2)14-8-10-18(4)29(16-20-11-7-9-17(3)26-20)23(30)27-22-13-12-19(24)15-21(22)25/h7,9,11-13,15,18H,5-6,8,10,14,16H2,1-4H3,(H,27,30). The Morgan fingerprint density at radius 1 is 1.17 bits per heavy atom. The molecule has 0 aliphatic carbocycles. The first-order valence-electron chi connectivity index (χ1n) is 10.5. The fraction of sp³-hybridized carbons (Fsp3) is 0.478. The Balaban J connectivity index is 2.13. The lowest BCUT2D eigenvalue weighted by molar-refractivity contribution is 0.179. The molecule has 1 atom stereocenters. The molecule has 0 fully saturated rings. The second kappa shape index (κ2) is 11.6. The van der Waals surface area contributed by atoms with Gasteiger partial charge < -0.3 is 15.1 Å². The van der Waals surface area contributed by atoms with Crippen molar-refractivity contribution >= 4 is 11.7 Å². The van der Waals surface area contributed by atoms with Crippen molar-refractivity contribution in [3.8, 4) is 0 Å². The van der Waals surface area contributed by atoms with Crippen LogP contribution in [-0.4, -0.2) is 46.5 Å². The fourth-order valence-corrected chi connectivity index (χ4v) is 3.37. The highest BCUT2D eigenvalue weighted by Crippen LogP contribution is 2.18. The molecule has 2 rings (SSSR count). The Morgan fingerprint density at radius 3 is 2.53 bits per heavy atom. The topological polar surface area (TPSA) is 48.5 Å². The second-order valence-electron chi connectivity index (χ2n) is 7.47. The Bertz CT molecular complexity index is 827. The number of aryl methyl sites for hydroxylation is 1. The zero-order chi connectivity index (χ0) is 22.1. The van der Waals surface area contributed by atoms with Gasteiger partial charge in [0.25, 0.3) is 0 Å². The van der Waals surface area contributed by atoms with Gasteiger partial charge in [0, 0.05) is 17.8 Å². The average Bonchev–Trinajstić information content (AvgIpc) is 2.71. The maximum Gasteiger partial charge on any atom is 0.322 e. The largest absolute Gasteiger partial charge is 0.322 e. The third kappa shape index (κ3) is 7.06. The number of urea groups is 1. The Labute approximate surface area is 178 Å². The van der Waals surface area contributed by atoms with Crippen molar-refractivity contribution in [2.75, 3.05) is 25.0 Å². The van der Waals surface area contributed by atoms with Crippen molar-refractivity contribution in [3.05, 3.63) is 59.4 Å². The minimum atomic E-state index is -0.800. The Hall–Kier alpha value is -2.54. The number of hydrogen-bond donors (Lipinski definition) is 1. The molecule has 0 radical (unpaired) electrons. The zero-order valence-electron chi connectivity index (χ0n) is 18.3. The van der Waals surface area contributed by atoms with Crippen LogP contribution in [0.2, 0.25) is 0 Å². The highest BCUT2D eigenvalue weighted by molar-refractivity contribution is 5.89. The number of rotatable bonds is 10. The van der Waals surface area contributed by atoms with Crippen LogP contribution in [0, 0.1) is 18.6 Å². The van der Waals surface area contributed by atoms with Gasteiger partial charge in [-0.05, 0) is 70.6 Å². The van der Waals surface area contributed by atoms with E-state index in [9.17, 15) is 13.6 Å². The van der Waals surface area contributed by atoms with E-state index in [0.717, 1.165) is 56.0 Å². The van der Waals surface area contributed by atoms with E-state index in [1.807, 2.05) is 32.0 Å². The molecule has 2 aromatic rings. The summed E-state index contributed by atoms with van der Waals surface area (Å²) in [4.78, 5) is 21.5. The fourth-order valence-electron chi connectivity index (χ4n) is 3.37. The monoisotopic (exact) mass is 418 g/mol. The Morgan fingerprint density at radius 2 is 1.90 bits per heavy atom. The molecule has 1 aromatic carbocycles. The summed E-state index contributed by atoms with van der Waals surface area (Å²) in [7, 11) is 0. The number of aromatic nitrogens is 1. The molecule has 0 saturated carbocycles. The van der Waals surface area contributed by atoms with E-state index < -0.39 is 17.7 Å². The average molecular weight is 419 g/mol. The summed E-state index contributed by atoms with van der Waals surface area (Å²) in [5, 5.41) is 2.58. The molecule has 1 unspecified atom stereocenters. The summed E-state index contributed by atoms with van der Waals surface area (Å²) in [6.45, 7) is 11.4. The molecule has 0 bridgehead atoms. The van der Waals surface area contributed by atoms with E-state index >= 15 is 0 Å². The number of carbonyl (C=O) groups is 1. The molecule has 0 aliphatic heterocycles. The highest BCUT2D eigenvalue weighted by Gasteiger charge is 2.22. The van der Waals surface area contributed by atoms with E-state index in [4.69, 9.17) is 0 Å². The summed E-state index contributed by atoms with van der Waals surface area (Å²) in [5.41, 5.74) is 1.59. The smallest absolute Gasteiger partial charge is 0.316 e. The lowest BCUT2D eigenvalue weighted by Gasteiger charge is -2.30. The van der Waals surface area contributed by atoms with Gasteiger partial charge in [-0.2, -0.15) is 0 Å². The quantitative estimate of drug-likeness (QED) is 0.576. The third-order valence-electron chi connectivity index (χ3n) is 5.23. The van der Waals surface area contributed by atoms with E-state index in [1.165, 1.54) is 6.07 Å². The van der Waals surface area contributed by atoms with Crippen molar-refractivity contribution < 1.29 is 13.6 Å². The molecular weight excluding hydrogens is 386 g/mol. The number of benzene rings is 1. The predicted octanol–water partition coefficient (Wildman–Crippen LogP) is 5.21. The summed E-state index contributed by atoms with van der Waals surface area (Å²) in [6, 6.07) is 8.28. The maximum absolute atomic E-state index is 14.0. The van der Waals surface area contributed by atoms with E-state index in [1.54, 1.807) is 4.90 Å². The molecular formula is C23H32F2N4O. The number of hydrogen-bond acceptors (Lipinski definition) is 3. The van der Waals surface area contributed by atoms with Gasteiger partial charge in [-0.1, -0.05) is 19.9 Å². The summed E-state index contributed by atoms with van der Waals surface area (Å²) in [6.07, 6.45) is 1.75. The molecule has 164 valence electrons. The molecule has 1 heterocycles. The van der Waals surface area contributed by atoms with Crippen LogP contribution in [-0.2, 0) is 6.54 Å². The van der Waals surface area contributed by atoms with Crippen molar-refractivity contribution in [2.24, 2.45) is 0 Å². The Kier molecular flexibility index (Phi) is 9.17. The van der Waals surface area contributed by atoms with E-state index in [0.29, 0.717) is 6.54 Å². The molecule has 30 heavy (non-hydrogen) atoms. The number of carbonyl (C=O) groups excluding carboxylic acids is 1. The normalized spacial score (nSPS) is 12.1. The minimum Gasteiger partial charge on any atom is -0.316 e. The number of nitrogens with one attached hydrogen (secondary N) is 1. The van der Waals surface area contributed by atoms with Gasteiger partial charge in [0.15, 0.2) is 0 Å². The predicted molar refractivity (Wildman–Crippen MR) is 116 cm³/mol. The SMILES string of the molecule is CCN(CC)CCCC(C)N(Cc1cccc(C)n1)C(=O)Nc1ccc(F)cc1F. The first-order chi connectivity index (χ1) is 14.3. The first-order valence-corrected chi connectivity index (χ1v) is 10.5. The molecule has 0 aliphatic rings. The maximum atomic E-state index is 14.0. The van der Waals surface area contributed by atoms with Crippen LogP contribution in [0.4, 0.5) is 19.3 Å². The number of nitrogens with zero attached hydrogens (tertiary/aromatic N) is 3. The summed E-state index contributed by atoms with van der Waals surface area (Å²) < 4.78 is 27.2. The van der Waals surface area contributed by atoms with Gasteiger partial charge in [0.1, 0.15) is 11.6 Å². The van der Waals surface area contributed by atoms with Crippen LogP contribution in [0.1, 0.15) is 45.0 Å². The molecule has 1 aromatic heterocycles. The van der Waals surface area contributed by atoms with Gasteiger partial charge in [-0.3, -0.25) is 4.98 Å². The number of anilines is 1. The van der Waals surface area contributed by atoms with Gasteiger partial charge in [0.05, 0.1) is 17.9 Å². The number of pyridine rings is 1. The lowest BCUT2D eigenvalue weighted by Crippen LogP contribution is -2.41. The minimum absolute atomic E-state index is 0.0426. The van der Waals surface area contributed by atoms with E-state index in [2.05, 4.69) is 29.0 Å². The van der Waals surface area contributed by atoms with Crippen LogP contribution in [0.3, 0.4) is 0 Å². The summed E-state index contributed by atoms with van der Waals surface area (Å²) in [5.74, 6) is -1.48. The summed E-state index contributed by atoms with van der Waals surface area (Å²) >= 11 is 0. The number of halogens is 2. The highest BCUT2D eigenvalue weighted by atomic mass is 19.1. The third-order valence-corrected chi connectivity index (χ3v) is 5.23. The van der Waals surface area contributed by atoms with Crippen LogP contribution < -0.4 is 5.32 Å². The van der Waals surface area contributed by atoms with Gasteiger partial charge >= 0.3 is 6.03 Å². The van der Waals surface area contributed by atoms with Gasteiger partial charge in [0.2, 0.25) is 0 Å². The van der Waals surface area contributed by atoms with Crippen molar-refractivity contribution in [2.45, 2.75) is 53.1 Å². The van der Waals surface area contributed by atoms with Crippen LogP contribution in [0.5, 0.6) is 0 Å². The van der Waals surface area contributed by atoms with E-state index in [-0.39, 0.29) is 11.7 Å². The molecule has 2 amide bonds. The first kappa shape index (κ1) is 23.7. The second-order valence-corrected chi connectivity index (χ2v) is 7.47. The van der Waals surface area contributed by atoms with Crippen LogP contribution >= 0.6 is 0 Å². The van der Waals surface area contributed by atoms with Crippen LogP contribution in [0.15, 0.2) is 36.4 Å². The molecule has 0 saturated heterocycles. The van der Waals surface area contributed by atoms with Gasteiger partial charge in [-0.15, -0.1) is 0 Å². The van der Waals surface area contributed by atoms with Crippen LogP contribution in [0.25, 0.3) is 0 Å².